The highest BCUT2D eigenvalue weighted by molar-refractivity contribution is 5.94. The second-order valence-corrected chi connectivity index (χ2v) is 9.84. The molecule has 0 saturated carbocycles. The average Bonchev–Trinajstić information content (AvgIpc) is 3.50. The molecule has 10 nitrogen and oxygen atoms in total. The van der Waals surface area contributed by atoms with Gasteiger partial charge in [0.05, 0.1) is 6.04 Å². The maximum Gasteiger partial charge on any atom is 0.334 e. The summed E-state index contributed by atoms with van der Waals surface area (Å²) in [5, 5.41) is 20.6. The predicted octanol–water partition coefficient (Wildman–Crippen LogP) is 1.97. The molecule has 1 fully saturated rings. The molecule has 0 aromatic heterocycles. The first-order valence-electron chi connectivity index (χ1n) is 13.6. The summed E-state index contributed by atoms with van der Waals surface area (Å²) in [6.45, 7) is 1.10. The highest BCUT2D eigenvalue weighted by Gasteiger charge is 2.31. The van der Waals surface area contributed by atoms with Crippen molar-refractivity contribution in [2.24, 2.45) is 5.73 Å². The molecule has 0 spiro atoms. The van der Waals surface area contributed by atoms with Gasteiger partial charge in [0.25, 0.3) is 0 Å². The Bertz CT molecular complexity index is 1320. The number of carbonyl (C=O) groups is 3. The van der Waals surface area contributed by atoms with E-state index in [9.17, 15) is 14.4 Å². The second kappa shape index (κ2) is 14.1. The Balaban J connectivity index is 1.51. The summed E-state index contributed by atoms with van der Waals surface area (Å²) in [7, 11) is 0. The fourth-order valence-corrected chi connectivity index (χ4v) is 4.75. The number of guanidine groups is 1. The van der Waals surface area contributed by atoms with E-state index >= 15 is 0 Å². The first-order valence-corrected chi connectivity index (χ1v) is 13.6. The highest BCUT2D eigenvalue weighted by atomic mass is 16.5. The van der Waals surface area contributed by atoms with Crippen LogP contribution in [0.25, 0.3) is 10.8 Å². The first kappa shape index (κ1) is 28.6. The van der Waals surface area contributed by atoms with E-state index in [1.54, 1.807) is 12.1 Å². The van der Waals surface area contributed by atoms with Crippen LogP contribution in [0.15, 0.2) is 72.8 Å². The van der Waals surface area contributed by atoms with E-state index in [1.807, 2.05) is 60.7 Å². The monoisotopic (exact) mass is 544 g/mol. The molecule has 3 aromatic carbocycles. The van der Waals surface area contributed by atoms with E-state index in [-0.39, 0.29) is 30.8 Å². The number of amides is 2. The molecular weight excluding hydrogens is 508 g/mol. The number of nitrogens with two attached hydrogens (primary N) is 1. The Morgan fingerprint density at radius 1 is 0.975 bits per heavy atom. The van der Waals surface area contributed by atoms with Gasteiger partial charge in [0.15, 0.2) is 5.96 Å². The molecule has 1 saturated heterocycles. The highest BCUT2D eigenvalue weighted by Crippen LogP contribution is 2.25. The molecule has 1 heterocycles. The summed E-state index contributed by atoms with van der Waals surface area (Å²) in [5.41, 5.74) is 6.26. The van der Waals surface area contributed by atoms with Crippen molar-refractivity contribution in [3.8, 4) is 5.75 Å². The second-order valence-electron chi connectivity index (χ2n) is 9.84. The maximum atomic E-state index is 13.6. The first-order chi connectivity index (χ1) is 19.4. The van der Waals surface area contributed by atoms with E-state index in [0.29, 0.717) is 25.1 Å². The predicted molar refractivity (Wildman–Crippen MR) is 154 cm³/mol. The topological polar surface area (TPSA) is 158 Å². The molecule has 3 aromatic rings. The van der Waals surface area contributed by atoms with Crippen molar-refractivity contribution >= 4 is 34.5 Å². The van der Waals surface area contributed by atoms with Gasteiger partial charge in [0.1, 0.15) is 17.8 Å². The summed E-state index contributed by atoms with van der Waals surface area (Å²) >= 11 is 0. The molecule has 40 heavy (non-hydrogen) atoms. The minimum atomic E-state index is -0.986. The van der Waals surface area contributed by atoms with Gasteiger partial charge in [-0.1, -0.05) is 66.7 Å². The molecule has 0 aliphatic carbocycles. The Morgan fingerprint density at radius 2 is 1.73 bits per heavy atom. The van der Waals surface area contributed by atoms with E-state index < -0.39 is 24.0 Å². The molecule has 0 unspecified atom stereocenters. The zero-order valence-corrected chi connectivity index (χ0v) is 22.3. The lowest BCUT2D eigenvalue weighted by Crippen LogP contribution is -2.55. The van der Waals surface area contributed by atoms with Crippen LogP contribution in [0.4, 0.5) is 0 Å². The van der Waals surface area contributed by atoms with E-state index in [0.717, 1.165) is 29.3 Å². The third-order valence-corrected chi connectivity index (χ3v) is 6.84. The quantitative estimate of drug-likeness (QED) is 0.0669. The van der Waals surface area contributed by atoms with Gasteiger partial charge < -0.3 is 31.7 Å². The number of benzene rings is 3. The number of hydrogen-bond acceptors (Lipinski definition) is 6. The number of nitrogens with one attached hydrogen (secondary N) is 5. The molecule has 7 N–H and O–H groups in total. The van der Waals surface area contributed by atoms with E-state index in [1.165, 1.54) is 0 Å². The zero-order valence-electron chi connectivity index (χ0n) is 22.3. The largest absolute Gasteiger partial charge is 0.424 e. The molecular formula is C30H36N6O4. The molecule has 0 radical (unpaired) electrons. The van der Waals surface area contributed by atoms with Gasteiger partial charge in [-0.25, -0.2) is 4.79 Å². The molecule has 1 aliphatic heterocycles. The summed E-state index contributed by atoms with van der Waals surface area (Å²) in [5.74, 6) is -1.12. The maximum absolute atomic E-state index is 13.6. The van der Waals surface area contributed by atoms with Crippen molar-refractivity contribution in [1.29, 1.82) is 5.41 Å². The lowest BCUT2D eigenvalue weighted by Gasteiger charge is -2.24. The lowest BCUT2D eigenvalue weighted by atomic mass is 10.0. The van der Waals surface area contributed by atoms with Crippen molar-refractivity contribution in [3.63, 3.8) is 0 Å². The molecule has 4 rings (SSSR count). The fraction of sp³-hybridized carbons (Fsp3) is 0.333. The van der Waals surface area contributed by atoms with Crippen molar-refractivity contribution in [2.75, 3.05) is 13.1 Å². The van der Waals surface area contributed by atoms with Gasteiger partial charge in [-0.2, -0.15) is 0 Å². The van der Waals surface area contributed by atoms with Gasteiger partial charge in [-0.3, -0.25) is 15.0 Å². The summed E-state index contributed by atoms with van der Waals surface area (Å²) in [6.07, 6.45) is 2.55. The molecule has 10 heteroatoms. The van der Waals surface area contributed by atoms with E-state index in [4.69, 9.17) is 15.9 Å². The van der Waals surface area contributed by atoms with Crippen molar-refractivity contribution in [1.82, 2.24) is 21.3 Å². The number of ether oxygens (including phenoxy) is 1. The number of carbonyl (C=O) groups excluding carboxylic acids is 3. The smallest absolute Gasteiger partial charge is 0.334 e. The molecule has 210 valence electrons. The van der Waals surface area contributed by atoms with Crippen molar-refractivity contribution in [2.45, 2.75) is 50.2 Å². The minimum Gasteiger partial charge on any atom is -0.424 e. The van der Waals surface area contributed by atoms with E-state index in [2.05, 4.69) is 21.3 Å². The number of esters is 1. The molecule has 2 amide bonds. The minimum absolute atomic E-state index is 0.176. The normalized spacial score (nSPS) is 16.1. The van der Waals surface area contributed by atoms with Crippen molar-refractivity contribution in [3.05, 3.63) is 78.4 Å². The molecule has 1 aliphatic rings. The fourth-order valence-electron chi connectivity index (χ4n) is 4.75. The van der Waals surface area contributed by atoms with Crippen LogP contribution in [0.5, 0.6) is 5.75 Å². The number of fused-ring (bicyclic) bond motifs is 1. The zero-order chi connectivity index (χ0) is 28.3. The SMILES string of the molecule is N=C(N)NCCC[C@H](NC(=O)[C@H](Cc1ccccc1)NC(=O)[C@@H]1CCCN1)C(=O)Oc1cccc2ccccc12. The van der Waals surface area contributed by atoms with Crippen LogP contribution in [-0.2, 0) is 20.8 Å². The van der Waals surface area contributed by atoms with Crippen LogP contribution >= 0.6 is 0 Å². The average molecular weight is 545 g/mol. The van der Waals surface area contributed by atoms with Crippen LogP contribution in [0.1, 0.15) is 31.2 Å². The Hall–Kier alpha value is -4.44. The third kappa shape index (κ3) is 8.03. The number of rotatable bonds is 12. The summed E-state index contributed by atoms with van der Waals surface area (Å²) < 4.78 is 5.79. The van der Waals surface area contributed by atoms with Crippen molar-refractivity contribution < 1.29 is 19.1 Å². The third-order valence-electron chi connectivity index (χ3n) is 6.84. The summed E-state index contributed by atoms with van der Waals surface area (Å²) in [4.78, 5) is 39.9. The summed E-state index contributed by atoms with van der Waals surface area (Å²) in [6, 6.07) is 20.2. The van der Waals surface area contributed by atoms with Crippen LogP contribution in [0.3, 0.4) is 0 Å². The standard InChI is InChI=1S/C30H36N6O4/c31-30(32)34-18-8-15-24(29(39)40-26-16-6-12-21-11-4-5-13-22(21)26)35-28(38)25(19-20-9-2-1-3-10-20)36-27(37)23-14-7-17-33-23/h1-6,9-13,16,23-25,33H,7-8,14-15,17-19H2,(H,35,38)(H,36,37)(H4,31,32,34)/t23-,24-,25-/m0/s1. The van der Waals surface area contributed by atoms with Gasteiger partial charge in [-0.05, 0) is 49.2 Å². The van der Waals surface area contributed by atoms with Crippen LogP contribution in [0, 0.1) is 5.41 Å². The van der Waals surface area contributed by atoms with Crippen LogP contribution < -0.4 is 31.7 Å². The Labute approximate surface area is 233 Å². The Morgan fingerprint density at radius 3 is 2.48 bits per heavy atom. The van der Waals surface area contributed by atoms with Crippen LogP contribution in [0.2, 0.25) is 0 Å². The van der Waals surface area contributed by atoms with Crippen LogP contribution in [-0.4, -0.2) is 55.0 Å². The van der Waals surface area contributed by atoms with Gasteiger partial charge in [0.2, 0.25) is 11.8 Å². The van der Waals surface area contributed by atoms with Gasteiger partial charge >= 0.3 is 5.97 Å². The lowest BCUT2D eigenvalue weighted by molar-refractivity contribution is -0.140. The van der Waals surface area contributed by atoms with Gasteiger partial charge in [-0.15, -0.1) is 0 Å². The Kier molecular flexibility index (Phi) is 10.1. The van der Waals surface area contributed by atoms with Gasteiger partial charge in [0, 0.05) is 18.4 Å². The molecule has 0 bridgehead atoms. The molecule has 3 atom stereocenters. The number of hydrogen-bond donors (Lipinski definition) is 6.